The van der Waals surface area contributed by atoms with Gasteiger partial charge < -0.3 is 9.15 Å². The summed E-state index contributed by atoms with van der Waals surface area (Å²) in [6, 6.07) is 9.60. The standard InChI is InChI=1S/C9H7N2O3/c1-13-8-10-11(9(12)14-8)7-5-3-2-4-6-7/h3-6H,1H3. The molecule has 0 aliphatic carbocycles. The van der Waals surface area contributed by atoms with Gasteiger partial charge in [-0.1, -0.05) is 17.2 Å². The van der Waals surface area contributed by atoms with Crippen molar-refractivity contribution in [2.24, 2.45) is 0 Å². The molecule has 0 unspecified atom stereocenters. The predicted molar refractivity (Wildman–Crippen MR) is 47.5 cm³/mol. The smallest absolute Gasteiger partial charge is 0.444 e. The first-order valence-electron chi connectivity index (χ1n) is 3.92. The third-order valence-corrected chi connectivity index (χ3v) is 1.65. The topological polar surface area (TPSA) is 57.3 Å². The second kappa shape index (κ2) is 3.37. The lowest BCUT2D eigenvalue weighted by Crippen LogP contribution is -2.12. The Balaban J connectivity index is 2.52. The summed E-state index contributed by atoms with van der Waals surface area (Å²) in [5.74, 6) is -0.576. The molecule has 71 valence electrons. The molecule has 1 aromatic heterocycles. The van der Waals surface area contributed by atoms with Crippen LogP contribution in [0.3, 0.4) is 0 Å². The average Bonchev–Trinajstić information content (AvgIpc) is 2.61. The van der Waals surface area contributed by atoms with Gasteiger partial charge in [-0.15, -0.1) is 0 Å². The van der Waals surface area contributed by atoms with E-state index in [9.17, 15) is 4.79 Å². The maximum atomic E-state index is 11.2. The van der Waals surface area contributed by atoms with Crippen LogP contribution in [0.4, 0.5) is 0 Å². The second-order valence-electron chi connectivity index (χ2n) is 2.51. The van der Waals surface area contributed by atoms with Crippen LogP contribution >= 0.6 is 0 Å². The van der Waals surface area contributed by atoms with E-state index in [2.05, 4.69) is 15.6 Å². The molecule has 1 aromatic carbocycles. The predicted octanol–water partition coefficient (Wildman–Crippen LogP) is 0.634. The highest BCUT2D eigenvalue weighted by Crippen LogP contribution is 2.06. The fourth-order valence-corrected chi connectivity index (χ4v) is 1.03. The Morgan fingerprint density at radius 1 is 1.50 bits per heavy atom. The largest absolute Gasteiger partial charge is 0.452 e. The van der Waals surface area contributed by atoms with Crippen LogP contribution in [-0.2, 0) is 0 Å². The van der Waals surface area contributed by atoms with E-state index in [1.54, 1.807) is 24.3 Å². The van der Waals surface area contributed by atoms with Crippen molar-refractivity contribution in [1.82, 2.24) is 9.78 Å². The Bertz CT molecular complexity index is 472. The van der Waals surface area contributed by atoms with Crippen molar-refractivity contribution >= 4 is 0 Å². The van der Waals surface area contributed by atoms with E-state index >= 15 is 0 Å². The van der Waals surface area contributed by atoms with Crippen LogP contribution < -0.4 is 10.5 Å². The Morgan fingerprint density at radius 3 is 2.79 bits per heavy atom. The van der Waals surface area contributed by atoms with E-state index in [0.717, 1.165) is 4.68 Å². The van der Waals surface area contributed by atoms with Crippen molar-refractivity contribution < 1.29 is 9.15 Å². The highest BCUT2D eigenvalue weighted by Gasteiger charge is 2.08. The molecular formula is C9H7N2O3. The molecule has 5 heteroatoms. The number of rotatable bonds is 2. The van der Waals surface area contributed by atoms with Crippen LogP contribution in [0.15, 0.2) is 33.5 Å². The number of hydrogen-bond donors (Lipinski definition) is 0. The Kier molecular flexibility index (Phi) is 2.06. The van der Waals surface area contributed by atoms with Crippen LogP contribution in [0.2, 0.25) is 0 Å². The minimum Gasteiger partial charge on any atom is -0.452 e. The highest BCUT2D eigenvalue weighted by molar-refractivity contribution is 5.28. The minimum absolute atomic E-state index is 0.0529. The van der Waals surface area contributed by atoms with Crippen LogP contribution in [0.5, 0.6) is 6.08 Å². The van der Waals surface area contributed by atoms with Gasteiger partial charge in [0.05, 0.1) is 12.8 Å². The van der Waals surface area contributed by atoms with Gasteiger partial charge in [-0.3, -0.25) is 0 Å². The van der Waals surface area contributed by atoms with Gasteiger partial charge >= 0.3 is 11.8 Å². The van der Waals surface area contributed by atoms with Crippen molar-refractivity contribution in [3.8, 4) is 11.8 Å². The summed E-state index contributed by atoms with van der Waals surface area (Å²) in [6.07, 6.45) is -0.0529. The van der Waals surface area contributed by atoms with Gasteiger partial charge in [0.2, 0.25) is 0 Å². The summed E-state index contributed by atoms with van der Waals surface area (Å²) < 4.78 is 10.5. The number of hydrogen-bond acceptors (Lipinski definition) is 4. The zero-order valence-electron chi connectivity index (χ0n) is 7.43. The van der Waals surface area contributed by atoms with E-state index in [0.29, 0.717) is 5.69 Å². The van der Waals surface area contributed by atoms with E-state index < -0.39 is 5.76 Å². The second-order valence-corrected chi connectivity index (χ2v) is 2.51. The Morgan fingerprint density at radius 2 is 2.21 bits per heavy atom. The number of nitrogens with zero attached hydrogens (tertiary/aromatic N) is 2. The van der Waals surface area contributed by atoms with Gasteiger partial charge in [-0.05, 0) is 18.2 Å². The lowest BCUT2D eigenvalue weighted by molar-refractivity contribution is 0.282. The first-order chi connectivity index (χ1) is 6.81. The Hall–Kier alpha value is -2.04. The summed E-state index contributed by atoms with van der Waals surface area (Å²) in [6.45, 7) is 0. The number of ether oxygens (including phenoxy) is 1. The van der Waals surface area contributed by atoms with Crippen molar-refractivity contribution in [1.29, 1.82) is 0 Å². The number of aromatic nitrogens is 2. The number of methoxy groups -OCH3 is 1. The van der Waals surface area contributed by atoms with E-state index in [1.807, 2.05) is 0 Å². The molecule has 2 rings (SSSR count). The molecular weight excluding hydrogens is 184 g/mol. The van der Waals surface area contributed by atoms with Gasteiger partial charge in [0.15, 0.2) is 0 Å². The average molecular weight is 191 g/mol. The third kappa shape index (κ3) is 1.39. The minimum atomic E-state index is -0.576. The molecule has 0 bridgehead atoms. The van der Waals surface area contributed by atoms with Crippen LogP contribution in [0.25, 0.3) is 5.69 Å². The van der Waals surface area contributed by atoms with E-state index in [1.165, 1.54) is 7.11 Å². The van der Waals surface area contributed by atoms with Crippen molar-refractivity contribution in [2.45, 2.75) is 0 Å². The molecule has 2 aromatic rings. The lowest BCUT2D eigenvalue weighted by atomic mass is 10.3. The van der Waals surface area contributed by atoms with E-state index in [4.69, 9.17) is 4.74 Å². The molecule has 0 saturated heterocycles. The van der Waals surface area contributed by atoms with Gasteiger partial charge in [0, 0.05) is 0 Å². The van der Waals surface area contributed by atoms with Crippen LogP contribution in [0.1, 0.15) is 0 Å². The van der Waals surface area contributed by atoms with Gasteiger partial charge in [0.25, 0.3) is 0 Å². The molecule has 0 atom stereocenters. The molecule has 1 radical (unpaired) electrons. The molecule has 0 aliphatic rings. The zero-order valence-corrected chi connectivity index (χ0v) is 7.43. The molecule has 14 heavy (non-hydrogen) atoms. The van der Waals surface area contributed by atoms with Crippen LogP contribution in [0, 0.1) is 6.07 Å². The highest BCUT2D eigenvalue weighted by atomic mass is 16.6. The summed E-state index contributed by atoms with van der Waals surface area (Å²) >= 11 is 0. The lowest BCUT2D eigenvalue weighted by Gasteiger charge is -1.94. The SMILES string of the molecule is COc1nn(-c2cc[c]cc2)c(=O)o1. The maximum Gasteiger partial charge on any atom is 0.444 e. The molecule has 0 spiro atoms. The first kappa shape index (κ1) is 8.55. The van der Waals surface area contributed by atoms with Gasteiger partial charge in [-0.2, -0.15) is 4.68 Å². The quantitative estimate of drug-likeness (QED) is 0.698. The summed E-state index contributed by atoms with van der Waals surface area (Å²) in [4.78, 5) is 11.2. The third-order valence-electron chi connectivity index (χ3n) is 1.65. The molecule has 0 aliphatic heterocycles. The molecule has 0 saturated carbocycles. The van der Waals surface area contributed by atoms with Crippen molar-refractivity contribution in [2.75, 3.05) is 7.11 Å². The molecule has 5 nitrogen and oxygen atoms in total. The summed E-state index contributed by atoms with van der Waals surface area (Å²) in [7, 11) is 1.38. The van der Waals surface area contributed by atoms with Crippen LogP contribution in [-0.4, -0.2) is 16.9 Å². The monoisotopic (exact) mass is 191 g/mol. The summed E-state index contributed by atoms with van der Waals surface area (Å²) in [5, 5.41) is 3.80. The fraction of sp³-hybridized carbons (Fsp3) is 0.111. The van der Waals surface area contributed by atoms with Crippen molar-refractivity contribution in [3.63, 3.8) is 0 Å². The van der Waals surface area contributed by atoms with Gasteiger partial charge in [0.1, 0.15) is 0 Å². The zero-order chi connectivity index (χ0) is 9.97. The van der Waals surface area contributed by atoms with E-state index in [-0.39, 0.29) is 6.08 Å². The molecule has 0 amide bonds. The summed E-state index contributed by atoms with van der Waals surface area (Å²) in [5.41, 5.74) is 0.612. The maximum absolute atomic E-state index is 11.2. The van der Waals surface area contributed by atoms with Crippen molar-refractivity contribution in [3.05, 3.63) is 40.9 Å². The van der Waals surface area contributed by atoms with Gasteiger partial charge in [-0.25, -0.2) is 4.79 Å². The fourth-order valence-electron chi connectivity index (χ4n) is 1.03. The first-order valence-corrected chi connectivity index (χ1v) is 3.92. The Labute approximate surface area is 79.5 Å². The molecule has 0 fully saturated rings. The number of benzene rings is 1. The molecule has 1 heterocycles. The normalized spacial score (nSPS) is 10.1. The molecule has 0 N–H and O–H groups in total.